The van der Waals surface area contributed by atoms with Gasteiger partial charge in [0.1, 0.15) is 6.04 Å². The maximum atomic E-state index is 12.7. The first kappa shape index (κ1) is 19.2. The highest BCUT2D eigenvalue weighted by atomic mass is 16.2. The molecule has 1 aliphatic heterocycles. The molecular formula is C24H25N3O2. The van der Waals surface area contributed by atoms with Crippen molar-refractivity contribution in [1.82, 2.24) is 10.2 Å². The van der Waals surface area contributed by atoms with Crippen molar-refractivity contribution in [2.75, 3.05) is 13.1 Å². The third-order valence-electron chi connectivity index (χ3n) is 6.31. The molecule has 1 heterocycles. The maximum absolute atomic E-state index is 12.7. The van der Waals surface area contributed by atoms with Gasteiger partial charge in [0.2, 0.25) is 5.91 Å². The van der Waals surface area contributed by atoms with E-state index >= 15 is 0 Å². The lowest BCUT2D eigenvalue weighted by Gasteiger charge is -2.33. The molecule has 1 aliphatic carbocycles. The average Bonchev–Trinajstić information content (AvgIpc) is 3.52. The molecule has 1 N–H and O–H groups in total. The molecular weight excluding hydrogens is 362 g/mol. The number of nitrogens with zero attached hydrogens (tertiary/aromatic N) is 2. The number of carbonyl (C=O) groups excluding carboxylic acids is 2. The molecule has 0 aromatic heterocycles. The Bertz CT molecular complexity index is 943. The van der Waals surface area contributed by atoms with E-state index in [1.54, 1.807) is 31.2 Å². The summed E-state index contributed by atoms with van der Waals surface area (Å²) in [5.74, 6) is -0.240. The van der Waals surface area contributed by atoms with E-state index in [9.17, 15) is 9.59 Å². The zero-order valence-electron chi connectivity index (χ0n) is 16.6. The standard InChI is InChI=1S/C24H25N3O2/c1-17(23(29)27-14-12-24(10-11-24)13-15-27)26-22(28)21-8-6-20(7-9-21)19-4-2-18(16-25)3-5-19/h2-9,17H,10-15H2,1H3,(H,26,28). The van der Waals surface area contributed by atoms with Crippen molar-refractivity contribution in [3.8, 4) is 17.2 Å². The lowest BCUT2D eigenvalue weighted by Crippen LogP contribution is -2.49. The summed E-state index contributed by atoms with van der Waals surface area (Å²) in [6.07, 6.45) is 4.80. The van der Waals surface area contributed by atoms with Crippen molar-refractivity contribution in [1.29, 1.82) is 5.26 Å². The number of amides is 2. The number of nitriles is 1. The second-order valence-corrected chi connectivity index (χ2v) is 8.29. The first-order valence-corrected chi connectivity index (χ1v) is 10.2. The lowest BCUT2D eigenvalue weighted by molar-refractivity contribution is -0.134. The van der Waals surface area contributed by atoms with Crippen molar-refractivity contribution in [3.63, 3.8) is 0 Å². The summed E-state index contributed by atoms with van der Waals surface area (Å²) >= 11 is 0. The Hall–Kier alpha value is -3.13. The van der Waals surface area contributed by atoms with Gasteiger partial charge in [0.25, 0.3) is 5.91 Å². The van der Waals surface area contributed by atoms with Crippen LogP contribution < -0.4 is 5.32 Å². The van der Waals surface area contributed by atoms with Crippen LogP contribution in [0, 0.1) is 16.7 Å². The van der Waals surface area contributed by atoms with Gasteiger partial charge in [0.15, 0.2) is 0 Å². The fraction of sp³-hybridized carbons (Fsp3) is 0.375. The summed E-state index contributed by atoms with van der Waals surface area (Å²) in [7, 11) is 0. The molecule has 1 saturated heterocycles. The van der Waals surface area contributed by atoms with Gasteiger partial charge < -0.3 is 10.2 Å². The Balaban J connectivity index is 1.35. The van der Waals surface area contributed by atoms with Crippen LogP contribution in [-0.2, 0) is 4.79 Å². The van der Waals surface area contributed by atoms with Gasteiger partial charge in [-0.25, -0.2) is 0 Å². The molecule has 2 aromatic carbocycles. The third-order valence-corrected chi connectivity index (χ3v) is 6.31. The summed E-state index contributed by atoms with van der Waals surface area (Å²) in [5, 5.41) is 11.7. The first-order chi connectivity index (χ1) is 14.0. The molecule has 1 saturated carbocycles. The molecule has 2 aliphatic rings. The van der Waals surface area contributed by atoms with E-state index in [0.29, 0.717) is 16.5 Å². The van der Waals surface area contributed by atoms with Crippen molar-refractivity contribution in [3.05, 3.63) is 59.7 Å². The highest BCUT2D eigenvalue weighted by Crippen LogP contribution is 2.53. The zero-order chi connectivity index (χ0) is 20.4. The number of hydrogen-bond donors (Lipinski definition) is 1. The molecule has 5 nitrogen and oxygen atoms in total. The van der Waals surface area contributed by atoms with E-state index in [0.717, 1.165) is 37.1 Å². The average molecular weight is 387 g/mol. The van der Waals surface area contributed by atoms with Crippen LogP contribution in [-0.4, -0.2) is 35.8 Å². The zero-order valence-corrected chi connectivity index (χ0v) is 16.6. The van der Waals surface area contributed by atoms with Gasteiger partial charge in [-0.1, -0.05) is 24.3 Å². The van der Waals surface area contributed by atoms with Crippen LogP contribution in [0.25, 0.3) is 11.1 Å². The smallest absolute Gasteiger partial charge is 0.251 e. The molecule has 1 atom stereocenters. The number of hydrogen-bond acceptors (Lipinski definition) is 3. The van der Waals surface area contributed by atoms with Crippen molar-refractivity contribution < 1.29 is 9.59 Å². The normalized spacial score (nSPS) is 18.0. The van der Waals surface area contributed by atoms with Gasteiger partial charge in [-0.3, -0.25) is 9.59 Å². The van der Waals surface area contributed by atoms with Crippen LogP contribution in [0.5, 0.6) is 0 Å². The molecule has 29 heavy (non-hydrogen) atoms. The monoisotopic (exact) mass is 387 g/mol. The number of piperidine rings is 1. The van der Waals surface area contributed by atoms with Gasteiger partial charge in [-0.05, 0) is 73.4 Å². The Kier molecular flexibility index (Phi) is 5.10. The highest BCUT2D eigenvalue weighted by molar-refractivity contribution is 5.97. The van der Waals surface area contributed by atoms with E-state index in [1.165, 1.54) is 12.8 Å². The van der Waals surface area contributed by atoms with Crippen LogP contribution in [0.4, 0.5) is 0 Å². The van der Waals surface area contributed by atoms with Crippen LogP contribution in [0.3, 0.4) is 0 Å². The molecule has 0 bridgehead atoms. The van der Waals surface area contributed by atoms with Gasteiger partial charge >= 0.3 is 0 Å². The molecule has 2 fully saturated rings. The molecule has 2 aromatic rings. The molecule has 5 heteroatoms. The highest BCUT2D eigenvalue weighted by Gasteiger charge is 2.45. The van der Waals surface area contributed by atoms with Gasteiger partial charge in [-0.15, -0.1) is 0 Å². The third kappa shape index (κ3) is 4.17. The van der Waals surface area contributed by atoms with Gasteiger partial charge in [0.05, 0.1) is 11.6 Å². The largest absolute Gasteiger partial charge is 0.341 e. The summed E-state index contributed by atoms with van der Waals surface area (Å²) < 4.78 is 0. The van der Waals surface area contributed by atoms with E-state index < -0.39 is 6.04 Å². The predicted octanol–water partition coefficient (Wildman–Crippen LogP) is 3.75. The Labute approximate surface area is 171 Å². The van der Waals surface area contributed by atoms with Crippen molar-refractivity contribution >= 4 is 11.8 Å². The molecule has 4 rings (SSSR count). The quantitative estimate of drug-likeness (QED) is 0.868. The molecule has 1 spiro atoms. The van der Waals surface area contributed by atoms with Gasteiger partial charge in [-0.2, -0.15) is 5.26 Å². The predicted molar refractivity (Wildman–Crippen MR) is 111 cm³/mol. The SMILES string of the molecule is CC(NC(=O)c1ccc(-c2ccc(C#N)cc2)cc1)C(=O)N1CCC2(CC1)CC2. The fourth-order valence-electron chi connectivity index (χ4n) is 4.05. The maximum Gasteiger partial charge on any atom is 0.251 e. The first-order valence-electron chi connectivity index (χ1n) is 10.2. The van der Waals surface area contributed by atoms with E-state index in [2.05, 4.69) is 11.4 Å². The molecule has 1 unspecified atom stereocenters. The number of benzene rings is 2. The Morgan fingerprint density at radius 2 is 1.52 bits per heavy atom. The summed E-state index contributed by atoms with van der Waals surface area (Å²) in [5.41, 5.74) is 3.62. The summed E-state index contributed by atoms with van der Waals surface area (Å²) in [6, 6.07) is 16.2. The minimum absolute atomic E-state index is 0.00283. The van der Waals surface area contributed by atoms with Crippen LogP contribution in [0.15, 0.2) is 48.5 Å². The fourth-order valence-corrected chi connectivity index (χ4v) is 4.05. The number of rotatable bonds is 4. The van der Waals surface area contributed by atoms with E-state index in [4.69, 9.17) is 5.26 Å². The molecule has 148 valence electrons. The van der Waals surface area contributed by atoms with Gasteiger partial charge in [0, 0.05) is 18.7 Å². The second kappa shape index (κ2) is 7.71. The molecule has 2 amide bonds. The Morgan fingerprint density at radius 1 is 0.966 bits per heavy atom. The van der Waals surface area contributed by atoms with Crippen molar-refractivity contribution in [2.24, 2.45) is 5.41 Å². The number of carbonyl (C=O) groups is 2. The van der Waals surface area contributed by atoms with Crippen LogP contribution in [0.2, 0.25) is 0 Å². The minimum atomic E-state index is -0.533. The van der Waals surface area contributed by atoms with Crippen LogP contribution in [0.1, 0.15) is 48.5 Å². The second-order valence-electron chi connectivity index (χ2n) is 8.29. The van der Waals surface area contributed by atoms with E-state index in [1.807, 2.05) is 29.2 Å². The summed E-state index contributed by atoms with van der Waals surface area (Å²) in [6.45, 7) is 3.36. The number of nitrogens with one attached hydrogen (secondary N) is 1. The molecule has 0 radical (unpaired) electrons. The van der Waals surface area contributed by atoms with E-state index in [-0.39, 0.29) is 11.8 Å². The number of likely N-dealkylation sites (tertiary alicyclic amines) is 1. The lowest BCUT2D eigenvalue weighted by atomic mass is 9.93. The van der Waals surface area contributed by atoms with Crippen LogP contribution >= 0.6 is 0 Å². The van der Waals surface area contributed by atoms with Crippen molar-refractivity contribution in [2.45, 2.75) is 38.6 Å². The Morgan fingerprint density at radius 3 is 2.03 bits per heavy atom. The minimum Gasteiger partial charge on any atom is -0.341 e. The summed E-state index contributed by atoms with van der Waals surface area (Å²) in [4.78, 5) is 27.1. The topological polar surface area (TPSA) is 73.2 Å².